The molecule has 1 aliphatic heterocycles. The zero-order valence-electron chi connectivity index (χ0n) is 9.18. The molecule has 0 aromatic rings. The fraction of sp³-hybridized carbons (Fsp3) is 0.600. The molecule has 0 aromatic carbocycles. The minimum atomic E-state index is -0.950. The third-order valence-electron chi connectivity index (χ3n) is 2.46. The van der Waals surface area contributed by atoms with Crippen LogP contribution in [0.3, 0.4) is 0 Å². The number of hydrogen-bond donors (Lipinski definition) is 2. The second kappa shape index (κ2) is 5.50. The Morgan fingerprint density at radius 3 is 2.88 bits per heavy atom. The van der Waals surface area contributed by atoms with Gasteiger partial charge in [-0.15, -0.1) is 6.58 Å². The van der Waals surface area contributed by atoms with Crippen molar-refractivity contribution >= 4 is 12.0 Å². The normalized spacial score (nSPS) is 23.8. The Morgan fingerprint density at radius 1 is 1.62 bits per heavy atom. The topological polar surface area (TPSA) is 78.9 Å². The Balaban J connectivity index is 2.49. The molecule has 6 heteroatoms. The summed E-state index contributed by atoms with van der Waals surface area (Å²) in [6.45, 7) is 4.32. The van der Waals surface area contributed by atoms with Crippen LogP contribution < -0.4 is 5.32 Å². The van der Waals surface area contributed by atoms with E-state index in [2.05, 4.69) is 11.9 Å². The molecule has 0 aromatic heterocycles. The smallest absolute Gasteiger partial charge is 0.317 e. The van der Waals surface area contributed by atoms with E-state index >= 15 is 0 Å². The van der Waals surface area contributed by atoms with Gasteiger partial charge in [0, 0.05) is 13.6 Å². The van der Waals surface area contributed by atoms with Crippen LogP contribution in [0.1, 0.15) is 0 Å². The zero-order chi connectivity index (χ0) is 12.1. The molecule has 90 valence electrons. The minimum Gasteiger partial charge on any atom is -0.481 e. The number of carboxylic acids is 1. The van der Waals surface area contributed by atoms with Crippen molar-refractivity contribution in [3.8, 4) is 0 Å². The average molecular weight is 228 g/mol. The number of likely N-dealkylation sites (N-methyl/N-ethyl adjacent to an activating group) is 1. The number of rotatable bonds is 4. The van der Waals surface area contributed by atoms with E-state index in [0.29, 0.717) is 6.54 Å². The quantitative estimate of drug-likeness (QED) is 0.659. The lowest BCUT2D eigenvalue weighted by atomic mass is 10.0. The second-order valence-corrected chi connectivity index (χ2v) is 3.71. The molecule has 0 spiro atoms. The maximum Gasteiger partial charge on any atom is 0.317 e. The van der Waals surface area contributed by atoms with Crippen LogP contribution in [-0.2, 0) is 9.53 Å². The highest BCUT2D eigenvalue weighted by atomic mass is 16.5. The number of amides is 2. The van der Waals surface area contributed by atoms with Crippen LogP contribution in [0.25, 0.3) is 0 Å². The molecule has 0 radical (unpaired) electrons. The second-order valence-electron chi connectivity index (χ2n) is 3.71. The summed E-state index contributed by atoms with van der Waals surface area (Å²) in [6, 6.07) is -0.779. The van der Waals surface area contributed by atoms with Gasteiger partial charge in [-0.05, 0) is 0 Å². The first-order chi connectivity index (χ1) is 7.56. The van der Waals surface area contributed by atoms with E-state index in [1.165, 1.54) is 4.90 Å². The Hall–Kier alpha value is -1.56. The number of carboxylic acid groups (broad SMARTS) is 1. The van der Waals surface area contributed by atoms with Crippen molar-refractivity contribution in [1.29, 1.82) is 0 Å². The summed E-state index contributed by atoms with van der Waals surface area (Å²) in [4.78, 5) is 23.8. The van der Waals surface area contributed by atoms with E-state index in [0.717, 1.165) is 0 Å². The number of nitrogens with zero attached hydrogens (tertiary/aromatic N) is 1. The number of ether oxygens (including phenoxy) is 1. The van der Waals surface area contributed by atoms with Crippen molar-refractivity contribution in [3.05, 3.63) is 12.7 Å². The Labute approximate surface area is 93.9 Å². The molecule has 1 fully saturated rings. The predicted molar refractivity (Wildman–Crippen MR) is 57.1 cm³/mol. The molecule has 2 atom stereocenters. The van der Waals surface area contributed by atoms with Crippen molar-refractivity contribution in [1.82, 2.24) is 10.2 Å². The minimum absolute atomic E-state index is 0.144. The number of carbonyl (C=O) groups is 2. The van der Waals surface area contributed by atoms with Gasteiger partial charge in [-0.25, -0.2) is 4.79 Å². The molecule has 1 heterocycles. The number of aliphatic carboxylic acids is 1. The maximum absolute atomic E-state index is 11.6. The molecule has 1 aliphatic rings. The lowest BCUT2D eigenvalue weighted by molar-refractivity contribution is -0.142. The van der Waals surface area contributed by atoms with Gasteiger partial charge < -0.3 is 20.1 Å². The van der Waals surface area contributed by atoms with E-state index in [-0.39, 0.29) is 19.2 Å². The highest BCUT2D eigenvalue weighted by molar-refractivity contribution is 5.77. The molecular formula is C10H16N2O4. The molecule has 0 aliphatic carbocycles. The summed E-state index contributed by atoms with van der Waals surface area (Å²) >= 11 is 0. The third-order valence-corrected chi connectivity index (χ3v) is 2.46. The van der Waals surface area contributed by atoms with Crippen LogP contribution in [-0.4, -0.2) is 54.9 Å². The lowest BCUT2D eigenvalue weighted by Crippen LogP contribution is -2.47. The van der Waals surface area contributed by atoms with E-state index in [1.807, 2.05) is 0 Å². The van der Waals surface area contributed by atoms with Crippen LogP contribution in [0, 0.1) is 5.92 Å². The first kappa shape index (κ1) is 12.5. The zero-order valence-corrected chi connectivity index (χ0v) is 9.18. The predicted octanol–water partition coefficient (Wildman–Crippen LogP) is -0.0866. The van der Waals surface area contributed by atoms with E-state index in [9.17, 15) is 9.59 Å². The standard InChI is InChI=1S/C10H16N2O4/c1-3-4-12(2)10(15)11-8-6-16-5-7(8)9(13)14/h3,7-8H,1,4-6H2,2H3,(H,11,15)(H,13,14). The van der Waals surface area contributed by atoms with Gasteiger partial charge in [0.2, 0.25) is 0 Å². The van der Waals surface area contributed by atoms with Crippen LogP contribution in [0.5, 0.6) is 0 Å². The van der Waals surface area contributed by atoms with Crippen LogP contribution in [0.15, 0.2) is 12.7 Å². The summed E-state index contributed by atoms with van der Waals surface area (Å²) < 4.78 is 5.04. The van der Waals surface area contributed by atoms with Gasteiger partial charge in [0.05, 0.1) is 19.3 Å². The Morgan fingerprint density at radius 2 is 2.31 bits per heavy atom. The first-order valence-electron chi connectivity index (χ1n) is 4.99. The molecule has 1 saturated heterocycles. The van der Waals surface area contributed by atoms with E-state index in [1.54, 1.807) is 13.1 Å². The molecule has 1 rings (SSSR count). The van der Waals surface area contributed by atoms with Crippen LogP contribution >= 0.6 is 0 Å². The van der Waals surface area contributed by atoms with Crippen LogP contribution in [0.4, 0.5) is 4.79 Å². The fourth-order valence-corrected chi connectivity index (χ4v) is 1.49. The molecular weight excluding hydrogens is 212 g/mol. The fourth-order valence-electron chi connectivity index (χ4n) is 1.49. The Bertz CT molecular complexity index is 293. The maximum atomic E-state index is 11.6. The molecule has 0 saturated carbocycles. The van der Waals surface area contributed by atoms with Gasteiger partial charge >= 0.3 is 12.0 Å². The van der Waals surface area contributed by atoms with Gasteiger partial charge in [-0.1, -0.05) is 6.08 Å². The van der Waals surface area contributed by atoms with E-state index < -0.39 is 17.9 Å². The average Bonchev–Trinajstić information content (AvgIpc) is 2.66. The summed E-state index contributed by atoms with van der Waals surface area (Å²) in [5.74, 6) is -1.62. The van der Waals surface area contributed by atoms with Crippen molar-refractivity contribution in [2.75, 3.05) is 26.8 Å². The molecule has 16 heavy (non-hydrogen) atoms. The lowest BCUT2D eigenvalue weighted by Gasteiger charge is -2.21. The molecule has 0 bridgehead atoms. The summed E-state index contributed by atoms with van der Waals surface area (Å²) in [6.07, 6.45) is 1.60. The largest absolute Gasteiger partial charge is 0.481 e. The number of hydrogen-bond acceptors (Lipinski definition) is 3. The van der Waals surface area contributed by atoms with Gasteiger partial charge in [0.15, 0.2) is 0 Å². The molecule has 2 N–H and O–H groups in total. The molecule has 6 nitrogen and oxygen atoms in total. The van der Waals surface area contributed by atoms with Crippen molar-refractivity contribution in [3.63, 3.8) is 0 Å². The molecule has 2 amide bonds. The number of urea groups is 1. The van der Waals surface area contributed by atoms with Crippen LogP contribution in [0.2, 0.25) is 0 Å². The SMILES string of the molecule is C=CCN(C)C(=O)NC1COCC1C(=O)O. The first-order valence-corrected chi connectivity index (χ1v) is 4.99. The molecule has 2 unspecified atom stereocenters. The highest BCUT2D eigenvalue weighted by Gasteiger charge is 2.35. The van der Waals surface area contributed by atoms with Crippen molar-refractivity contribution in [2.24, 2.45) is 5.92 Å². The summed E-state index contributed by atoms with van der Waals surface area (Å²) in [5, 5.41) is 11.5. The summed E-state index contributed by atoms with van der Waals surface area (Å²) in [7, 11) is 1.61. The highest BCUT2D eigenvalue weighted by Crippen LogP contribution is 2.13. The van der Waals surface area contributed by atoms with Gasteiger partial charge in [0.25, 0.3) is 0 Å². The number of nitrogens with one attached hydrogen (secondary N) is 1. The monoisotopic (exact) mass is 228 g/mol. The summed E-state index contributed by atoms with van der Waals surface area (Å²) in [5.41, 5.74) is 0. The van der Waals surface area contributed by atoms with Gasteiger partial charge in [-0.2, -0.15) is 0 Å². The third kappa shape index (κ3) is 2.96. The number of carbonyl (C=O) groups excluding carboxylic acids is 1. The van der Waals surface area contributed by atoms with Crippen molar-refractivity contribution < 1.29 is 19.4 Å². The van der Waals surface area contributed by atoms with Gasteiger partial charge in [-0.3, -0.25) is 4.79 Å². The van der Waals surface area contributed by atoms with Crippen molar-refractivity contribution in [2.45, 2.75) is 6.04 Å². The van der Waals surface area contributed by atoms with E-state index in [4.69, 9.17) is 9.84 Å². The Kier molecular flexibility index (Phi) is 4.30. The van der Waals surface area contributed by atoms with Gasteiger partial charge in [0.1, 0.15) is 5.92 Å².